The predicted octanol–water partition coefficient (Wildman–Crippen LogP) is 5.53. The standard InChI is InChI=1S/C18H28/c1-3-4-16-9-11-18(12-10-16)14-13-17-7-5-15(2)6-8-17/h5-8,16,18H,3-4,9-14H2,1-2H3/t16-,18-. The van der Waals surface area contributed by atoms with Crippen molar-refractivity contribution >= 4 is 0 Å². The smallest absolute Gasteiger partial charge is 0.0276 e. The fourth-order valence-corrected chi connectivity index (χ4v) is 3.34. The van der Waals surface area contributed by atoms with Gasteiger partial charge in [-0.15, -0.1) is 0 Å². The van der Waals surface area contributed by atoms with Gasteiger partial charge in [0, 0.05) is 0 Å². The summed E-state index contributed by atoms with van der Waals surface area (Å²) in [5.74, 6) is 2.05. The van der Waals surface area contributed by atoms with Gasteiger partial charge in [-0.05, 0) is 37.2 Å². The molecule has 0 nitrogen and oxygen atoms in total. The van der Waals surface area contributed by atoms with E-state index in [1.54, 1.807) is 0 Å². The van der Waals surface area contributed by atoms with Gasteiger partial charge >= 0.3 is 0 Å². The van der Waals surface area contributed by atoms with E-state index in [2.05, 4.69) is 38.1 Å². The second-order valence-electron chi connectivity index (χ2n) is 6.20. The average Bonchev–Trinajstić information content (AvgIpc) is 2.40. The molecule has 0 atom stereocenters. The summed E-state index contributed by atoms with van der Waals surface area (Å²) in [6.07, 6.45) is 11.5. The summed E-state index contributed by atoms with van der Waals surface area (Å²) in [5, 5.41) is 0. The molecule has 1 aromatic rings. The zero-order chi connectivity index (χ0) is 12.8. The van der Waals surface area contributed by atoms with Gasteiger partial charge in [0.15, 0.2) is 0 Å². The fraction of sp³-hybridized carbons (Fsp3) is 0.667. The Balaban J connectivity index is 1.70. The fourth-order valence-electron chi connectivity index (χ4n) is 3.34. The summed E-state index contributed by atoms with van der Waals surface area (Å²) in [5.41, 5.74) is 2.90. The minimum Gasteiger partial charge on any atom is -0.0654 e. The van der Waals surface area contributed by atoms with Crippen molar-refractivity contribution in [1.29, 1.82) is 0 Å². The minimum atomic E-state index is 0.999. The third-order valence-electron chi connectivity index (χ3n) is 4.63. The van der Waals surface area contributed by atoms with E-state index in [-0.39, 0.29) is 0 Å². The zero-order valence-electron chi connectivity index (χ0n) is 12.1. The van der Waals surface area contributed by atoms with E-state index in [9.17, 15) is 0 Å². The summed E-state index contributed by atoms with van der Waals surface area (Å²) in [4.78, 5) is 0. The lowest BCUT2D eigenvalue weighted by Gasteiger charge is -2.28. The van der Waals surface area contributed by atoms with Crippen LogP contribution in [0, 0.1) is 18.8 Å². The predicted molar refractivity (Wildman–Crippen MR) is 79.9 cm³/mol. The Bertz CT molecular complexity index is 328. The minimum absolute atomic E-state index is 0.999. The molecule has 0 saturated heterocycles. The van der Waals surface area contributed by atoms with Crippen LogP contribution in [-0.4, -0.2) is 0 Å². The monoisotopic (exact) mass is 244 g/mol. The first-order chi connectivity index (χ1) is 8.78. The Morgan fingerprint density at radius 2 is 1.44 bits per heavy atom. The van der Waals surface area contributed by atoms with Crippen LogP contribution in [0.15, 0.2) is 24.3 Å². The highest BCUT2D eigenvalue weighted by Crippen LogP contribution is 2.33. The molecule has 2 rings (SSSR count). The summed E-state index contributed by atoms with van der Waals surface area (Å²) >= 11 is 0. The van der Waals surface area contributed by atoms with Crippen molar-refractivity contribution in [2.45, 2.75) is 65.2 Å². The molecule has 18 heavy (non-hydrogen) atoms. The van der Waals surface area contributed by atoms with E-state index in [1.165, 1.54) is 62.5 Å². The van der Waals surface area contributed by atoms with Gasteiger partial charge < -0.3 is 0 Å². The molecule has 0 N–H and O–H groups in total. The van der Waals surface area contributed by atoms with Gasteiger partial charge in [-0.2, -0.15) is 0 Å². The van der Waals surface area contributed by atoms with Crippen molar-refractivity contribution in [2.24, 2.45) is 11.8 Å². The summed E-state index contributed by atoms with van der Waals surface area (Å²) < 4.78 is 0. The maximum Gasteiger partial charge on any atom is -0.0276 e. The molecule has 0 amide bonds. The number of rotatable bonds is 5. The molecule has 0 aliphatic heterocycles. The topological polar surface area (TPSA) is 0 Å². The van der Waals surface area contributed by atoms with Gasteiger partial charge in [0.05, 0.1) is 0 Å². The lowest BCUT2D eigenvalue weighted by molar-refractivity contribution is 0.252. The van der Waals surface area contributed by atoms with Crippen LogP contribution in [0.5, 0.6) is 0 Å². The van der Waals surface area contributed by atoms with Gasteiger partial charge in [-0.3, -0.25) is 0 Å². The van der Waals surface area contributed by atoms with Crippen LogP contribution in [-0.2, 0) is 6.42 Å². The molecule has 0 aromatic heterocycles. The SMILES string of the molecule is CCC[C@H]1CC[C@H](CCc2ccc(C)cc2)CC1. The molecule has 0 radical (unpaired) electrons. The number of aryl methyl sites for hydroxylation is 2. The average molecular weight is 244 g/mol. The van der Waals surface area contributed by atoms with Gasteiger partial charge in [0.25, 0.3) is 0 Å². The highest BCUT2D eigenvalue weighted by atomic mass is 14.3. The second-order valence-corrected chi connectivity index (χ2v) is 6.20. The summed E-state index contributed by atoms with van der Waals surface area (Å²) in [7, 11) is 0. The van der Waals surface area contributed by atoms with Gasteiger partial charge in [0.2, 0.25) is 0 Å². The van der Waals surface area contributed by atoms with Crippen LogP contribution in [0.4, 0.5) is 0 Å². The Morgan fingerprint density at radius 3 is 2.00 bits per heavy atom. The largest absolute Gasteiger partial charge is 0.0654 e. The van der Waals surface area contributed by atoms with Gasteiger partial charge in [0.1, 0.15) is 0 Å². The van der Waals surface area contributed by atoms with Crippen molar-refractivity contribution in [3.05, 3.63) is 35.4 Å². The summed E-state index contributed by atoms with van der Waals surface area (Å²) in [6, 6.07) is 9.09. The van der Waals surface area contributed by atoms with E-state index in [1.807, 2.05) is 0 Å². The first-order valence-electron chi connectivity index (χ1n) is 7.83. The van der Waals surface area contributed by atoms with Gasteiger partial charge in [-0.25, -0.2) is 0 Å². The number of hydrogen-bond donors (Lipinski definition) is 0. The first-order valence-corrected chi connectivity index (χ1v) is 7.83. The van der Waals surface area contributed by atoms with Crippen molar-refractivity contribution < 1.29 is 0 Å². The van der Waals surface area contributed by atoms with Crippen LogP contribution in [0.25, 0.3) is 0 Å². The Hall–Kier alpha value is -0.780. The zero-order valence-corrected chi connectivity index (χ0v) is 12.1. The van der Waals surface area contributed by atoms with E-state index in [0.717, 1.165) is 11.8 Å². The molecule has 1 aliphatic rings. The quantitative estimate of drug-likeness (QED) is 0.638. The van der Waals surface area contributed by atoms with E-state index >= 15 is 0 Å². The second kappa shape index (κ2) is 6.97. The maximum absolute atomic E-state index is 2.32. The summed E-state index contributed by atoms with van der Waals surface area (Å²) in [6.45, 7) is 4.49. The maximum atomic E-state index is 2.32. The van der Waals surface area contributed by atoms with Crippen LogP contribution in [0.3, 0.4) is 0 Å². The third-order valence-corrected chi connectivity index (χ3v) is 4.63. The third kappa shape index (κ3) is 4.15. The first kappa shape index (κ1) is 13.6. The molecular formula is C18H28. The highest BCUT2D eigenvalue weighted by molar-refractivity contribution is 5.21. The molecule has 1 fully saturated rings. The van der Waals surface area contributed by atoms with Crippen LogP contribution >= 0.6 is 0 Å². The van der Waals surface area contributed by atoms with Crippen LogP contribution < -0.4 is 0 Å². The van der Waals surface area contributed by atoms with Crippen LogP contribution in [0.1, 0.15) is 63.0 Å². The number of benzene rings is 1. The molecule has 100 valence electrons. The molecule has 0 bridgehead atoms. The Labute approximate surface area is 113 Å². The molecule has 0 spiro atoms. The van der Waals surface area contributed by atoms with Crippen molar-refractivity contribution in [3.63, 3.8) is 0 Å². The Kier molecular flexibility index (Phi) is 5.28. The van der Waals surface area contributed by atoms with E-state index in [4.69, 9.17) is 0 Å². The molecular weight excluding hydrogens is 216 g/mol. The normalized spacial score (nSPS) is 24.1. The van der Waals surface area contributed by atoms with E-state index in [0.29, 0.717) is 0 Å². The molecule has 0 heteroatoms. The van der Waals surface area contributed by atoms with Crippen LogP contribution in [0.2, 0.25) is 0 Å². The highest BCUT2D eigenvalue weighted by Gasteiger charge is 2.20. The molecule has 0 unspecified atom stereocenters. The number of hydrogen-bond acceptors (Lipinski definition) is 0. The molecule has 1 saturated carbocycles. The van der Waals surface area contributed by atoms with Crippen molar-refractivity contribution in [1.82, 2.24) is 0 Å². The molecule has 1 aromatic carbocycles. The van der Waals surface area contributed by atoms with Crippen molar-refractivity contribution in [3.8, 4) is 0 Å². The Morgan fingerprint density at radius 1 is 0.889 bits per heavy atom. The lowest BCUT2D eigenvalue weighted by atomic mass is 9.78. The van der Waals surface area contributed by atoms with E-state index < -0.39 is 0 Å². The lowest BCUT2D eigenvalue weighted by Crippen LogP contribution is -2.15. The molecule has 0 heterocycles. The van der Waals surface area contributed by atoms with Gasteiger partial charge in [-0.1, -0.05) is 75.3 Å². The van der Waals surface area contributed by atoms with Crippen molar-refractivity contribution in [2.75, 3.05) is 0 Å². The molecule has 1 aliphatic carbocycles.